The summed E-state index contributed by atoms with van der Waals surface area (Å²) < 4.78 is 148. The van der Waals surface area contributed by atoms with Gasteiger partial charge in [-0.1, -0.05) is 0 Å². The van der Waals surface area contributed by atoms with Crippen LogP contribution in [0.4, 0.5) is 0 Å². The summed E-state index contributed by atoms with van der Waals surface area (Å²) in [7, 11) is -5.62. The molecule has 3 amide bonds. The Balaban J connectivity index is 0.951. The first-order valence-corrected chi connectivity index (χ1v) is 40.0. The molecule has 0 bridgehead atoms. The molecule has 50 atom stereocenters. The average Bonchev–Trinajstić information content (AvgIpc) is 0.771. The van der Waals surface area contributed by atoms with E-state index in [4.69, 9.17) is 90.0 Å². The molecule has 58 heteroatoms. The highest BCUT2D eigenvalue weighted by Crippen LogP contribution is 2.41. The lowest BCUT2D eigenvalue weighted by atomic mass is 9.93. The van der Waals surface area contributed by atoms with Crippen LogP contribution in [0, 0.1) is 0 Å². The lowest BCUT2D eigenvalue weighted by Crippen LogP contribution is -2.71. The van der Waals surface area contributed by atoms with Gasteiger partial charge in [0, 0.05) is 20.8 Å². The van der Waals surface area contributed by atoms with Crippen LogP contribution in [0.2, 0.25) is 0 Å². The number of carbonyl (C=O) groups excluding carboxylic acids is 3. The van der Waals surface area contributed by atoms with Crippen LogP contribution in [0.1, 0.15) is 27.7 Å². The second-order valence-electron chi connectivity index (χ2n) is 30.8. The van der Waals surface area contributed by atoms with Crippen molar-refractivity contribution >= 4 is 34.1 Å². The van der Waals surface area contributed by atoms with Crippen molar-refractivity contribution in [2.75, 3.05) is 52.9 Å². The second kappa shape index (κ2) is 43.5. The Morgan fingerprint density at radius 2 is 0.605 bits per heavy atom. The normalized spacial score (nSPS) is 49.2. The molecule has 10 heterocycles. The Hall–Kier alpha value is -4.05. The molecule has 57 nitrogen and oxygen atoms in total. The van der Waals surface area contributed by atoms with E-state index in [0.717, 1.165) is 20.8 Å². The monoisotopic (exact) mass is 1840 g/mol. The zero-order valence-electron chi connectivity index (χ0n) is 65.6. The number of nitrogens with one attached hydrogen (secondary N) is 3. The summed E-state index contributed by atoms with van der Waals surface area (Å²) in [6, 6.07) is -5.94. The summed E-state index contributed by atoms with van der Waals surface area (Å²) in [5.74, 6) is -4.99. The van der Waals surface area contributed by atoms with E-state index >= 15 is 0 Å². The number of aliphatic hydroxyl groups is 26. The van der Waals surface area contributed by atoms with Crippen molar-refractivity contribution in [1.29, 1.82) is 0 Å². The van der Waals surface area contributed by atoms with Gasteiger partial charge >= 0.3 is 16.4 Å². The number of carbonyl (C=O) groups is 4. The van der Waals surface area contributed by atoms with Gasteiger partial charge in [-0.3, -0.25) is 18.9 Å². The van der Waals surface area contributed by atoms with Gasteiger partial charge in [0.25, 0.3) is 0 Å². The molecule has 0 spiro atoms. The van der Waals surface area contributed by atoms with Crippen LogP contribution in [0.15, 0.2) is 0 Å². The summed E-state index contributed by atoms with van der Waals surface area (Å²) in [5.41, 5.74) is 0. The molecule has 718 valence electrons. The second-order valence-corrected chi connectivity index (χ2v) is 31.8. The lowest BCUT2D eigenvalue weighted by Gasteiger charge is -2.51. The van der Waals surface area contributed by atoms with Gasteiger partial charge in [-0.25, -0.2) is 8.98 Å². The van der Waals surface area contributed by atoms with Crippen molar-refractivity contribution in [3.63, 3.8) is 0 Å². The third kappa shape index (κ3) is 22.6. The number of hydrogen-bond acceptors (Lipinski definition) is 52. The molecule has 0 aliphatic carbocycles. The molecule has 124 heavy (non-hydrogen) atoms. The van der Waals surface area contributed by atoms with Crippen molar-refractivity contribution in [2.24, 2.45) is 0 Å². The molecule has 31 N–H and O–H groups in total. The smallest absolute Gasteiger partial charge is 0.397 e. The Kier molecular flexibility index (Phi) is 35.8. The van der Waals surface area contributed by atoms with Gasteiger partial charge in [-0.2, -0.15) is 8.42 Å². The van der Waals surface area contributed by atoms with E-state index in [0.29, 0.717) is 0 Å². The predicted octanol–water partition coefficient (Wildman–Crippen LogP) is -21.4. The molecular weight excluding hydrogens is 1730 g/mol. The van der Waals surface area contributed by atoms with E-state index in [9.17, 15) is 170 Å². The summed E-state index contributed by atoms with van der Waals surface area (Å²) in [6.07, 6.45) is -103. The first-order chi connectivity index (χ1) is 58.3. The quantitative estimate of drug-likeness (QED) is 0.0278. The fourth-order valence-corrected chi connectivity index (χ4v) is 16.1. The minimum absolute atomic E-state index is 0.849. The van der Waals surface area contributed by atoms with Gasteiger partial charge in [0.2, 0.25) is 17.7 Å². The predicted molar refractivity (Wildman–Crippen MR) is 374 cm³/mol. The Morgan fingerprint density at radius 3 is 1.06 bits per heavy atom. The molecule has 0 aromatic heterocycles. The minimum atomic E-state index is -5.62. The van der Waals surface area contributed by atoms with Crippen LogP contribution < -0.4 is 16.0 Å². The Bertz CT molecular complexity index is 3530. The Morgan fingerprint density at radius 1 is 0.290 bits per heavy atom. The number of amides is 3. The number of hydrogen-bond donors (Lipinski definition) is 31. The number of aliphatic carboxylic acids is 1. The lowest BCUT2D eigenvalue weighted by molar-refractivity contribution is -0.399. The van der Waals surface area contributed by atoms with Gasteiger partial charge in [-0.05, 0) is 6.92 Å². The number of aliphatic hydroxyl groups excluding tert-OH is 26. The maximum Gasteiger partial charge on any atom is 0.397 e. The summed E-state index contributed by atoms with van der Waals surface area (Å²) in [4.78, 5) is 50.9. The summed E-state index contributed by atoms with van der Waals surface area (Å²) in [5, 5.41) is 308. The molecule has 0 aromatic carbocycles. The van der Waals surface area contributed by atoms with Crippen LogP contribution in [0.3, 0.4) is 0 Å². The van der Waals surface area contributed by atoms with Crippen LogP contribution in [-0.4, -0.2) is 534 Å². The highest BCUT2D eigenvalue weighted by Gasteiger charge is 2.62. The van der Waals surface area contributed by atoms with Crippen molar-refractivity contribution in [2.45, 2.75) is 335 Å². The van der Waals surface area contributed by atoms with E-state index < -0.39 is 394 Å². The SMILES string of the molecule is CC(=O)N[C@H]1[C@H](O[C@H]2[C@H](O)[C@@H](NC(C)=O)C(O)O[C@@H]2CO[C@@H]2O[C@@H](C)[C@@H](O)[C@@H](O)[C@@H]2O)O[C@H](CO)[C@@H](O[C@@H]2O[C@H](CO[C@H]3O[C@H](CO)[C@@H](O)[C@H](O[C@H]4O[C@H](CO)[C@@H](O)[C@H](O)[C@@H]4O)[C@@H]3O)[C@@H](O)[C@H](O[C@H]3O[C@H](CO)[C@@H](O)[C@H](O)[C@@H]3O[C@@H]3O[C@H](CO)[C@@H](O[C@@H]4O[C@H](CO)[C@H](O)[C@H](O[C@@H]5O[C@H](C(=O)O)[C@@H](O)[C@H](OS(=O)(=O)O)[C@H]5O)[C@H]4O)[C@H](O)[C@H]3NC(C)=O)[C@@H]2O)[C@@H]1O. The van der Waals surface area contributed by atoms with E-state index in [1.165, 1.54) is 6.92 Å². The van der Waals surface area contributed by atoms with Crippen molar-refractivity contribution in [3.05, 3.63) is 0 Å². The van der Waals surface area contributed by atoms with Gasteiger partial charge in [-0.15, -0.1) is 0 Å². The van der Waals surface area contributed by atoms with Crippen molar-refractivity contribution in [3.8, 4) is 0 Å². The molecule has 10 fully saturated rings. The van der Waals surface area contributed by atoms with Crippen molar-refractivity contribution in [1.82, 2.24) is 16.0 Å². The van der Waals surface area contributed by atoms with Gasteiger partial charge < -0.3 is 244 Å². The molecule has 10 saturated heterocycles. The van der Waals surface area contributed by atoms with Gasteiger partial charge in [0.05, 0.1) is 59.0 Å². The zero-order valence-corrected chi connectivity index (χ0v) is 66.4. The molecule has 10 aliphatic rings. The largest absolute Gasteiger partial charge is 0.479 e. The van der Waals surface area contributed by atoms with E-state index in [1.54, 1.807) is 0 Å². The number of rotatable bonds is 32. The molecule has 0 saturated carbocycles. The van der Waals surface area contributed by atoms with Crippen LogP contribution in [-0.2, 0) is 124 Å². The topological polar surface area (TPSA) is 890 Å². The van der Waals surface area contributed by atoms with E-state index in [-0.39, 0.29) is 0 Å². The fourth-order valence-electron chi connectivity index (χ4n) is 15.6. The van der Waals surface area contributed by atoms with Crippen LogP contribution in [0.5, 0.6) is 0 Å². The van der Waals surface area contributed by atoms with E-state index in [1.807, 2.05) is 0 Å². The van der Waals surface area contributed by atoms with Crippen molar-refractivity contribution < 1.29 is 264 Å². The highest BCUT2D eigenvalue weighted by molar-refractivity contribution is 7.80. The molecule has 1 unspecified atom stereocenters. The summed E-state index contributed by atoms with van der Waals surface area (Å²) in [6.45, 7) is -5.23. The molecule has 10 aliphatic heterocycles. The van der Waals surface area contributed by atoms with Crippen LogP contribution >= 0.6 is 0 Å². The van der Waals surface area contributed by atoms with Crippen LogP contribution in [0.25, 0.3) is 0 Å². The number of carboxylic acids is 1. The zero-order chi connectivity index (χ0) is 91.6. The minimum Gasteiger partial charge on any atom is -0.479 e. The third-order valence-corrected chi connectivity index (χ3v) is 22.6. The maximum atomic E-state index is 13.2. The standard InChI is InChI=1S/C66H109N3O54S/c1-13-28(79)37(88)40(91)60(106-13)105-12-24-49(34(85)25(57(100)107-24)67-14(2)76)115-58-26(68-15(3)77)35(86)48(21(9-74)112-58)117-64-45(96)52(33(84)23(114-64)11-104-61-43(94)50(31(82)19(7-72)108-61)118-62-41(92)38(89)29(80)17(5-70)109-62)120-66-55(39(90)30(81)18(6-71)111-66)122-59-27(69-16(4)78)36(87)47(22(10-75)113-59)116-63-44(95)51(32(83)20(8-73)110-63)119-65-46(97)53(123-124(101,102)103)42(93)54(121-65)56(98)99/h13,17-55,57-66,70-75,79-97,100H,5-12H2,1-4H3,(H,67,76)(H,68,77)(H,69,78)(H,98,99)(H,101,102,103)/t13-,17+,18+,19+,20+,21+,22+,23+,24+,25+,26+,27+,28+,29+,30+,31+,32-,33+,34+,35+,36+,37+,38-,39-,40-,41-,42-,43-,44+,45-,46+,47+,48+,49+,50-,51-,52-,53-,54-,55-,57?,58-,59-,60+,61-,62+,63-,64-,65+,66+/m0/s1. The molecule has 0 radical (unpaired) electrons. The fraction of sp³-hybridized carbons (Fsp3) is 0.939. The number of ether oxygens (including phenoxy) is 19. The average molecular weight is 1840 g/mol. The number of carboxylic acid groups (broad SMARTS) is 1. The van der Waals surface area contributed by atoms with E-state index in [2.05, 4.69) is 20.1 Å². The van der Waals surface area contributed by atoms with Gasteiger partial charge in [0.15, 0.2) is 69.0 Å². The Labute approximate surface area is 699 Å². The van der Waals surface area contributed by atoms with Gasteiger partial charge in [0.1, 0.15) is 232 Å². The first-order valence-electron chi connectivity index (χ1n) is 38.7. The summed E-state index contributed by atoms with van der Waals surface area (Å²) >= 11 is 0. The molecular formula is C66H109N3O54S. The highest BCUT2D eigenvalue weighted by atomic mass is 32.3. The third-order valence-electron chi connectivity index (χ3n) is 22.2. The maximum absolute atomic E-state index is 13.2. The molecule has 0 aromatic rings. The first kappa shape index (κ1) is 102. The molecule has 10 rings (SSSR count).